The SMILES string of the molecule is CCCc1cc2c(nc1C(C)OC)N(C(=O)Nc1cc(CCCOC)c(C#N)cn1)CCC2. The molecule has 0 bridgehead atoms. The van der Waals surface area contributed by atoms with Crippen LogP contribution in [0.3, 0.4) is 0 Å². The second kappa shape index (κ2) is 11.7. The van der Waals surface area contributed by atoms with Gasteiger partial charge in [0.15, 0.2) is 0 Å². The van der Waals surface area contributed by atoms with Crippen LogP contribution in [0.2, 0.25) is 0 Å². The first-order valence-corrected chi connectivity index (χ1v) is 11.5. The lowest BCUT2D eigenvalue weighted by Crippen LogP contribution is -2.40. The van der Waals surface area contributed by atoms with Crippen molar-refractivity contribution < 1.29 is 14.3 Å². The van der Waals surface area contributed by atoms with Crippen molar-refractivity contribution in [1.29, 1.82) is 5.26 Å². The molecule has 8 heteroatoms. The van der Waals surface area contributed by atoms with Crippen LogP contribution in [0.4, 0.5) is 16.4 Å². The van der Waals surface area contributed by atoms with E-state index in [1.165, 1.54) is 11.8 Å². The molecule has 0 aromatic carbocycles. The zero-order chi connectivity index (χ0) is 23.8. The first kappa shape index (κ1) is 24.6. The molecule has 3 heterocycles. The predicted octanol–water partition coefficient (Wildman–Crippen LogP) is 4.57. The number of nitrogens with one attached hydrogen (secondary N) is 1. The number of aromatic nitrogens is 2. The molecule has 0 spiro atoms. The van der Waals surface area contributed by atoms with Crippen LogP contribution in [0, 0.1) is 11.3 Å². The molecule has 33 heavy (non-hydrogen) atoms. The largest absolute Gasteiger partial charge is 0.385 e. The van der Waals surface area contributed by atoms with Gasteiger partial charge in [0, 0.05) is 33.6 Å². The zero-order valence-electron chi connectivity index (χ0n) is 20.0. The van der Waals surface area contributed by atoms with Gasteiger partial charge in [-0.3, -0.25) is 10.2 Å². The normalized spacial score (nSPS) is 13.8. The van der Waals surface area contributed by atoms with Gasteiger partial charge in [-0.2, -0.15) is 5.26 Å². The van der Waals surface area contributed by atoms with Gasteiger partial charge in [0.1, 0.15) is 17.7 Å². The minimum absolute atomic E-state index is 0.154. The van der Waals surface area contributed by atoms with E-state index in [4.69, 9.17) is 14.5 Å². The Kier molecular flexibility index (Phi) is 8.75. The number of rotatable bonds is 9. The first-order valence-electron chi connectivity index (χ1n) is 11.5. The van der Waals surface area contributed by atoms with E-state index in [-0.39, 0.29) is 12.1 Å². The summed E-state index contributed by atoms with van der Waals surface area (Å²) in [5.41, 5.74) is 4.50. The molecule has 0 aliphatic carbocycles. The van der Waals surface area contributed by atoms with Crippen molar-refractivity contribution >= 4 is 17.7 Å². The predicted molar refractivity (Wildman–Crippen MR) is 127 cm³/mol. The third-order valence-corrected chi connectivity index (χ3v) is 5.92. The van der Waals surface area contributed by atoms with E-state index in [1.807, 2.05) is 6.92 Å². The van der Waals surface area contributed by atoms with Crippen molar-refractivity contribution in [2.75, 3.05) is 37.6 Å². The summed E-state index contributed by atoms with van der Waals surface area (Å²) in [5.74, 6) is 1.11. The maximum absolute atomic E-state index is 13.2. The summed E-state index contributed by atoms with van der Waals surface area (Å²) in [6.07, 6.45) is 6.52. The average Bonchev–Trinajstić information content (AvgIpc) is 2.83. The fourth-order valence-electron chi connectivity index (χ4n) is 4.15. The first-order chi connectivity index (χ1) is 16.0. The standard InChI is InChI=1S/C25H33N5O3/c1-5-8-19-13-20-9-6-11-30(24(20)29-23(19)17(2)33-4)25(31)28-22-14-18(10-7-12-32-3)21(15-26)16-27-22/h13-14,16-17H,5-12H2,1-4H3,(H,27,28,31). The van der Waals surface area contributed by atoms with E-state index in [2.05, 4.69) is 29.4 Å². The topological polar surface area (TPSA) is 100 Å². The monoisotopic (exact) mass is 451 g/mol. The quantitative estimate of drug-likeness (QED) is 0.561. The van der Waals surface area contributed by atoms with Crippen LogP contribution >= 0.6 is 0 Å². The van der Waals surface area contributed by atoms with Gasteiger partial charge in [-0.1, -0.05) is 19.4 Å². The van der Waals surface area contributed by atoms with E-state index in [0.29, 0.717) is 36.8 Å². The van der Waals surface area contributed by atoms with Crippen molar-refractivity contribution in [2.24, 2.45) is 0 Å². The van der Waals surface area contributed by atoms with Crippen LogP contribution in [0.25, 0.3) is 0 Å². The number of hydrogen-bond acceptors (Lipinski definition) is 6. The minimum atomic E-state index is -0.275. The summed E-state index contributed by atoms with van der Waals surface area (Å²) in [6, 6.07) is 5.85. The highest BCUT2D eigenvalue weighted by molar-refractivity contribution is 6.01. The second-order valence-corrected chi connectivity index (χ2v) is 8.26. The smallest absolute Gasteiger partial charge is 0.328 e. The number of nitriles is 1. The Morgan fingerprint density at radius 3 is 2.82 bits per heavy atom. The molecular weight excluding hydrogens is 418 g/mol. The molecule has 0 saturated carbocycles. The molecule has 8 nitrogen and oxygen atoms in total. The summed E-state index contributed by atoms with van der Waals surface area (Å²) in [5, 5.41) is 12.3. The average molecular weight is 452 g/mol. The molecule has 1 unspecified atom stereocenters. The van der Waals surface area contributed by atoms with Crippen molar-refractivity contribution in [3.8, 4) is 6.07 Å². The molecule has 2 amide bonds. The van der Waals surface area contributed by atoms with Crippen LogP contribution in [-0.2, 0) is 28.7 Å². The summed E-state index contributed by atoms with van der Waals surface area (Å²) in [6.45, 7) is 5.31. The number of pyridine rings is 2. The number of urea groups is 1. The van der Waals surface area contributed by atoms with Gasteiger partial charge in [-0.15, -0.1) is 0 Å². The molecule has 0 radical (unpaired) electrons. The zero-order valence-corrected chi connectivity index (χ0v) is 20.0. The molecule has 0 fully saturated rings. The van der Waals surface area contributed by atoms with E-state index < -0.39 is 0 Å². The Morgan fingerprint density at radius 2 is 2.12 bits per heavy atom. The number of methoxy groups -OCH3 is 2. The molecular formula is C25H33N5O3. The Bertz CT molecular complexity index is 1020. The van der Waals surface area contributed by atoms with Crippen molar-refractivity contribution in [2.45, 2.75) is 58.5 Å². The molecule has 3 rings (SSSR count). The summed E-state index contributed by atoms with van der Waals surface area (Å²) < 4.78 is 10.7. The number of aryl methyl sites for hydroxylation is 3. The Balaban J connectivity index is 1.86. The van der Waals surface area contributed by atoms with E-state index in [0.717, 1.165) is 48.9 Å². The van der Waals surface area contributed by atoms with Gasteiger partial charge in [0.2, 0.25) is 0 Å². The summed E-state index contributed by atoms with van der Waals surface area (Å²) in [7, 11) is 3.32. The van der Waals surface area contributed by atoms with E-state index in [1.54, 1.807) is 25.2 Å². The molecule has 2 aromatic rings. The van der Waals surface area contributed by atoms with Gasteiger partial charge >= 0.3 is 6.03 Å². The number of fused-ring (bicyclic) bond motifs is 1. The molecule has 0 saturated heterocycles. The molecule has 1 aliphatic rings. The number of anilines is 2. The lowest BCUT2D eigenvalue weighted by Gasteiger charge is -2.30. The fraction of sp³-hybridized carbons (Fsp3) is 0.520. The molecule has 1 N–H and O–H groups in total. The lowest BCUT2D eigenvalue weighted by atomic mass is 9.98. The number of hydrogen-bond donors (Lipinski definition) is 1. The van der Waals surface area contributed by atoms with Gasteiger partial charge in [0.25, 0.3) is 0 Å². The maximum atomic E-state index is 13.2. The third-order valence-electron chi connectivity index (χ3n) is 5.92. The van der Waals surface area contributed by atoms with Crippen LogP contribution < -0.4 is 10.2 Å². The van der Waals surface area contributed by atoms with Gasteiger partial charge < -0.3 is 9.47 Å². The summed E-state index contributed by atoms with van der Waals surface area (Å²) in [4.78, 5) is 24.1. The Hall–Kier alpha value is -3.02. The third kappa shape index (κ3) is 5.86. The van der Waals surface area contributed by atoms with Crippen LogP contribution in [-0.4, -0.2) is 43.4 Å². The molecule has 2 aromatic heterocycles. The number of nitrogens with zero attached hydrogens (tertiary/aromatic N) is 4. The van der Waals surface area contributed by atoms with E-state index in [9.17, 15) is 10.1 Å². The minimum Gasteiger partial charge on any atom is -0.385 e. The van der Waals surface area contributed by atoms with E-state index >= 15 is 0 Å². The number of amides is 2. The molecule has 1 atom stereocenters. The highest BCUT2D eigenvalue weighted by atomic mass is 16.5. The van der Waals surface area contributed by atoms with Crippen molar-refractivity contribution in [1.82, 2.24) is 9.97 Å². The number of carbonyl (C=O) groups excluding carboxylic acids is 1. The van der Waals surface area contributed by atoms with Gasteiger partial charge in [-0.05, 0) is 61.8 Å². The van der Waals surface area contributed by atoms with Crippen molar-refractivity contribution in [3.05, 3.63) is 46.3 Å². The highest BCUT2D eigenvalue weighted by Crippen LogP contribution is 2.31. The highest BCUT2D eigenvalue weighted by Gasteiger charge is 2.27. The molecule has 176 valence electrons. The second-order valence-electron chi connectivity index (χ2n) is 8.26. The fourth-order valence-corrected chi connectivity index (χ4v) is 4.15. The van der Waals surface area contributed by atoms with Crippen LogP contribution in [0.1, 0.15) is 67.2 Å². The van der Waals surface area contributed by atoms with Crippen LogP contribution in [0.5, 0.6) is 0 Å². The van der Waals surface area contributed by atoms with Crippen molar-refractivity contribution in [3.63, 3.8) is 0 Å². The number of ether oxygens (including phenoxy) is 2. The summed E-state index contributed by atoms with van der Waals surface area (Å²) >= 11 is 0. The Labute approximate surface area is 195 Å². The number of carbonyl (C=O) groups is 1. The van der Waals surface area contributed by atoms with Gasteiger partial charge in [-0.25, -0.2) is 14.8 Å². The van der Waals surface area contributed by atoms with Crippen LogP contribution in [0.15, 0.2) is 18.3 Å². The Morgan fingerprint density at radius 1 is 1.30 bits per heavy atom. The maximum Gasteiger partial charge on any atom is 0.328 e. The van der Waals surface area contributed by atoms with Gasteiger partial charge in [0.05, 0.1) is 17.4 Å². The molecule has 1 aliphatic heterocycles. The lowest BCUT2D eigenvalue weighted by molar-refractivity contribution is 0.115.